The maximum Gasteiger partial charge on any atom is 0.0611 e. The number of nitrogens with one attached hydrogen (secondary N) is 1. The smallest absolute Gasteiger partial charge is 0.0611 e. The van der Waals surface area contributed by atoms with Crippen LogP contribution < -0.4 is 10.2 Å². The van der Waals surface area contributed by atoms with Gasteiger partial charge < -0.3 is 15.3 Å². The maximum atomic E-state index is 9.48. The molecule has 1 unspecified atom stereocenters. The zero-order chi connectivity index (χ0) is 13.7. The first-order valence-electron chi connectivity index (χ1n) is 7.31. The molecule has 19 heavy (non-hydrogen) atoms. The molecule has 1 aliphatic rings. The molecule has 1 aromatic carbocycles. The number of aliphatic hydroxyl groups excluding tert-OH is 1. The summed E-state index contributed by atoms with van der Waals surface area (Å²) in [7, 11) is 1.92. The molecule has 0 saturated heterocycles. The number of hydrogen-bond donors (Lipinski definition) is 2. The van der Waals surface area contributed by atoms with E-state index in [0.29, 0.717) is 0 Å². The number of benzene rings is 1. The van der Waals surface area contributed by atoms with E-state index in [1.54, 1.807) is 0 Å². The van der Waals surface area contributed by atoms with Gasteiger partial charge in [0.2, 0.25) is 0 Å². The van der Waals surface area contributed by atoms with E-state index >= 15 is 0 Å². The zero-order valence-corrected chi connectivity index (χ0v) is 12.2. The second-order valence-electron chi connectivity index (χ2n) is 5.79. The average Bonchev–Trinajstić information content (AvgIpc) is 2.67. The minimum atomic E-state index is -0.179. The Bertz CT molecular complexity index is 401. The molecule has 0 amide bonds. The molecule has 0 saturated carbocycles. The zero-order valence-electron chi connectivity index (χ0n) is 12.2. The van der Waals surface area contributed by atoms with Crippen molar-refractivity contribution >= 4 is 5.69 Å². The molecule has 0 aromatic heterocycles. The molecule has 1 atom stereocenters. The molecule has 1 aromatic rings. The Morgan fingerprint density at radius 1 is 1.32 bits per heavy atom. The van der Waals surface area contributed by atoms with Gasteiger partial charge in [-0.1, -0.05) is 18.2 Å². The highest BCUT2D eigenvalue weighted by Crippen LogP contribution is 2.26. The molecule has 3 heteroatoms. The third-order valence-corrected chi connectivity index (χ3v) is 4.34. The van der Waals surface area contributed by atoms with Crippen LogP contribution in [0.25, 0.3) is 0 Å². The predicted octanol–water partition coefficient (Wildman–Crippen LogP) is 2.19. The van der Waals surface area contributed by atoms with E-state index < -0.39 is 0 Å². The van der Waals surface area contributed by atoms with Crippen molar-refractivity contribution in [3.63, 3.8) is 0 Å². The fourth-order valence-corrected chi connectivity index (χ4v) is 2.67. The first kappa shape index (κ1) is 14.4. The third kappa shape index (κ3) is 3.48. The molecule has 0 spiro atoms. The molecule has 3 nitrogen and oxygen atoms in total. The third-order valence-electron chi connectivity index (χ3n) is 4.34. The van der Waals surface area contributed by atoms with E-state index in [1.807, 2.05) is 7.05 Å². The van der Waals surface area contributed by atoms with Crippen LogP contribution in [0.2, 0.25) is 0 Å². The van der Waals surface area contributed by atoms with Gasteiger partial charge in [-0.2, -0.15) is 0 Å². The lowest BCUT2D eigenvalue weighted by atomic mass is 9.98. The molecule has 0 aliphatic carbocycles. The SMILES string of the molecule is CNC(C)(CO)CCN1CCCCc2ccccc21. The molecule has 106 valence electrons. The predicted molar refractivity (Wildman–Crippen MR) is 80.8 cm³/mol. The standard InChI is InChI=1S/C16H26N2O/c1-16(13-19,17-2)10-12-18-11-6-5-8-14-7-3-4-9-15(14)18/h3-4,7,9,17,19H,5-6,8,10-13H2,1-2H3. The summed E-state index contributed by atoms with van der Waals surface area (Å²) in [6.45, 7) is 4.38. The number of aryl methyl sites for hydroxylation is 1. The Labute approximate surface area is 116 Å². The van der Waals surface area contributed by atoms with E-state index in [4.69, 9.17) is 0 Å². The van der Waals surface area contributed by atoms with Crippen LogP contribution in [0.15, 0.2) is 24.3 Å². The minimum Gasteiger partial charge on any atom is -0.394 e. The Hall–Kier alpha value is -1.06. The van der Waals surface area contributed by atoms with Crippen molar-refractivity contribution in [1.82, 2.24) is 5.32 Å². The molecule has 2 N–H and O–H groups in total. The van der Waals surface area contributed by atoms with Crippen molar-refractivity contribution in [2.45, 2.75) is 38.1 Å². The minimum absolute atomic E-state index is 0.179. The van der Waals surface area contributed by atoms with Crippen molar-refractivity contribution in [2.24, 2.45) is 0 Å². The van der Waals surface area contributed by atoms with Gasteiger partial charge in [-0.3, -0.25) is 0 Å². The summed E-state index contributed by atoms with van der Waals surface area (Å²) in [6, 6.07) is 8.74. The molecule has 1 aliphatic heterocycles. The lowest BCUT2D eigenvalue weighted by molar-refractivity contribution is 0.175. The summed E-state index contributed by atoms with van der Waals surface area (Å²) in [4.78, 5) is 2.48. The molecule has 0 bridgehead atoms. The molecule has 0 fully saturated rings. The molecular formula is C16H26N2O. The average molecular weight is 262 g/mol. The van der Waals surface area contributed by atoms with E-state index in [9.17, 15) is 5.11 Å². The summed E-state index contributed by atoms with van der Waals surface area (Å²) in [6.07, 6.45) is 4.67. The van der Waals surface area contributed by atoms with Gasteiger partial charge in [0.1, 0.15) is 0 Å². The lowest BCUT2D eigenvalue weighted by Gasteiger charge is -2.32. The molecule has 0 radical (unpaired) electrons. The van der Waals surface area contributed by atoms with Crippen LogP contribution in [0.3, 0.4) is 0 Å². The topological polar surface area (TPSA) is 35.5 Å². The van der Waals surface area contributed by atoms with E-state index in [0.717, 1.165) is 19.5 Å². The van der Waals surface area contributed by atoms with Crippen molar-refractivity contribution in [3.05, 3.63) is 29.8 Å². The van der Waals surface area contributed by atoms with E-state index in [-0.39, 0.29) is 12.1 Å². The molecule has 2 rings (SSSR count). The Kier molecular flexibility index (Phi) is 4.83. The van der Waals surface area contributed by atoms with Crippen molar-refractivity contribution in [3.8, 4) is 0 Å². The molecule has 1 heterocycles. The van der Waals surface area contributed by atoms with Crippen LogP contribution in [0.4, 0.5) is 5.69 Å². The number of fused-ring (bicyclic) bond motifs is 1. The highest BCUT2D eigenvalue weighted by molar-refractivity contribution is 5.54. The van der Waals surface area contributed by atoms with E-state index in [1.165, 1.54) is 30.5 Å². The van der Waals surface area contributed by atoms with Crippen molar-refractivity contribution in [1.29, 1.82) is 0 Å². The number of aliphatic hydroxyl groups is 1. The largest absolute Gasteiger partial charge is 0.394 e. The highest BCUT2D eigenvalue weighted by Gasteiger charge is 2.23. The molecular weight excluding hydrogens is 236 g/mol. The Balaban J connectivity index is 2.08. The summed E-state index contributed by atoms with van der Waals surface area (Å²) < 4.78 is 0. The second-order valence-corrected chi connectivity index (χ2v) is 5.79. The van der Waals surface area contributed by atoms with Gasteiger partial charge >= 0.3 is 0 Å². The van der Waals surface area contributed by atoms with Crippen LogP contribution in [-0.2, 0) is 6.42 Å². The Morgan fingerprint density at radius 3 is 2.84 bits per heavy atom. The monoisotopic (exact) mass is 262 g/mol. The van der Waals surface area contributed by atoms with Gasteiger partial charge in [-0.15, -0.1) is 0 Å². The lowest BCUT2D eigenvalue weighted by Crippen LogP contribution is -2.46. The number of rotatable bonds is 5. The summed E-state index contributed by atoms with van der Waals surface area (Å²) in [5.41, 5.74) is 2.67. The summed E-state index contributed by atoms with van der Waals surface area (Å²) in [5.74, 6) is 0. The van der Waals surface area contributed by atoms with Gasteiger partial charge in [0.25, 0.3) is 0 Å². The summed E-state index contributed by atoms with van der Waals surface area (Å²) in [5, 5.41) is 12.7. The maximum absolute atomic E-state index is 9.48. The van der Waals surface area contributed by atoms with Crippen LogP contribution in [-0.4, -0.2) is 37.4 Å². The van der Waals surface area contributed by atoms with Gasteiger partial charge in [0, 0.05) is 24.3 Å². The number of para-hydroxylation sites is 1. The van der Waals surface area contributed by atoms with Gasteiger partial charge in [0.15, 0.2) is 0 Å². The Morgan fingerprint density at radius 2 is 2.11 bits per heavy atom. The number of hydrogen-bond acceptors (Lipinski definition) is 3. The number of likely N-dealkylation sites (N-methyl/N-ethyl adjacent to an activating group) is 1. The normalized spacial score (nSPS) is 18.6. The number of anilines is 1. The second kappa shape index (κ2) is 6.40. The quantitative estimate of drug-likeness (QED) is 0.854. The fraction of sp³-hybridized carbons (Fsp3) is 0.625. The summed E-state index contributed by atoms with van der Waals surface area (Å²) >= 11 is 0. The first-order chi connectivity index (χ1) is 9.18. The van der Waals surface area contributed by atoms with Crippen molar-refractivity contribution in [2.75, 3.05) is 31.6 Å². The van der Waals surface area contributed by atoms with Crippen molar-refractivity contribution < 1.29 is 5.11 Å². The first-order valence-corrected chi connectivity index (χ1v) is 7.31. The fourth-order valence-electron chi connectivity index (χ4n) is 2.67. The van der Waals surface area contributed by atoms with Crippen LogP contribution in [0.1, 0.15) is 31.7 Å². The van der Waals surface area contributed by atoms with E-state index in [2.05, 4.69) is 41.4 Å². The number of nitrogens with zero attached hydrogens (tertiary/aromatic N) is 1. The van der Waals surface area contributed by atoms with Gasteiger partial charge in [-0.25, -0.2) is 0 Å². The highest BCUT2D eigenvalue weighted by atomic mass is 16.3. The van der Waals surface area contributed by atoms with Gasteiger partial charge in [-0.05, 0) is 51.3 Å². The van der Waals surface area contributed by atoms with Crippen LogP contribution in [0, 0.1) is 0 Å². The van der Waals surface area contributed by atoms with Gasteiger partial charge in [0.05, 0.1) is 6.61 Å². The van der Waals surface area contributed by atoms with Crippen LogP contribution >= 0.6 is 0 Å². The van der Waals surface area contributed by atoms with Crippen LogP contribution in [0.5, 0.6) is 0 Å².